The largest absolute Gasteiger partial charge is 0.416 e. The fraction of sp³-hybridized carbons (Fsp3) is 0.531. The van der Waals surface area contributed by atoms with E-state index < -0.39 is 28.9 Å². The van der Waals surface area contributed by atoms with Crippen LogP contribution in [0.4, 0.5) is 26.3 Å². The topological polar surface area (TPSA) is 23.6 Å². The van der Waals surface area contributed by atoms with Crippen LogP contribution in [0, 0.1) is 17.3 Å². The average Bonchev–Trinajstić information content (AvgIpc) is 3.43. The molecule has 5 rings (SSSR count). The van der Waals surface area contributed by atoms with Gasteiger partial charge in [-0.05, 0) is 79.1 Å². The summed E-state index contributed by atoms with van der Waals surface area (Å²) in [5.74, 6) is 0.170. The summed E-state index contributed by atoms with van der Waals surface area (Å²) in [7, 11) is 0. The van der Waals surface area contributed by atoms with Crippen LogP contribution in [0.25, 0.3) is 6.08 Å². The second kappa shape index (κ2) is 10.5. The van der Waals surface area contributed by atoms with E-state index in [4.69, 9.17) is 0 Å². The number of carbonyl (C=O) groups is 1. The lowest BCUT2D eigenvalue weighted by atomic mass is 9.67. The maximum Gasteiger partial charge on any atom is 0.416 e. The van der Waals surface area contributed by atoms with Gasteiger partial charge in [-0.15, -0.1) is 0 Å². The lowest BCUT2D eigenvalue weighted by Crippen LogP contribution is -2.49. The molecule has 2 aliphatic heterocycles. The van der Waals surface area contributed by atoms with Gasteiger partial charge in [0, 0.05) is 25.0 Å². The number of hydrogen-bond donors (Lipinski definition) is 0. The van der Waals surface area contributed by atoms with Crippen LogP contribution >= 0.6 is 0 Å². The van der Waals surface area contributed by atoms with Gasteiger partial charge < -0.3 is 9.80 Å². The van der Waals surface area contributed by atoms with E-state index in [9.17, 15) is 31.1 Å². The molecule has 2 heterocycles. The molecule has 3 atom stereocenters. The summed E-state index contributed by atoms with van der Waals surface area (Å²) in [5, 5.41) is 0. The molecule has 41 heavy (non-hydrogen) atoms. The summed E-state index contributed by atoms with van der Waals surface area (Å²) in [6.07, 6.45) is -3.19. The smallest absolute Gasteiger partial charge is 0.338 e. The highest BCUT2D eigenvalue weighted by Crippen LogP contribution is 2.48. The van der Waals surface area contributed by atoms with Gasteiger partial charge in [0.25, 0.3) is 0 Å². The number of amides is 1. The zero-order chi connectivity index (χ0) is 29.8. The maximum absolute atomic E-state index is 13.8. The number of halogens is 6. The minimum atomic E-state index is -4.92. The highest BCUT2D eigenvalue weighted by atomic mass is 19.4. The Kier molecular flexibility index (Phi) is 7.58. The van der Waals surface area contributed by atoms with Gasteiger partial charge in [-0.2, -0.15) is 26.3 Å². The van der Waals surface area contributed by atoms with Crippen molar-refractivity contribution in [3.05, 3.63) is 76.4 Å². The molecule has 2 fully saturated rings. The Bertz CT molecular complexity index is 1300. The molecule has 0 saturated carbocycles. The summed E-state index contributed by atoms with van der Waals surface area (Å²) < 4.78 is 80.2. The molecule has 0 N–H and O–H groups in total. The van der Waals surface area contributed by atoms with Crippen molar-refractivity contribution >= 4 is 12.0 Å². The van der Waals surface area contributed by atoms with Crippen LogP contribution in [0.15, 0.2) is 48.5 Å². The van der Waals surface area contributed by atoms with E-state index >= 15 is 0 Å². The number of alkyl halides is 6. The molecule has 0 bridgehead atoms. The van der Waals surface area contributed by atoms with Crippen molar-refractivity contribution in [2.24, 2.45) is 17.3 Å². The van der Waals surface area contributed by atoms with Crippen LogP contribution in [0.2, 0.25) is 0 Å². The highest BCUT2D eigenvalue weighted by molar-refractivity contribution is 5.85. The second-order valence-corrected chi connectivity index (χ2v) is 12.4. The third-order valence-corrected chi connectivity index (χ3v) is 9.82. The normalized spacial score (nSPS) is 26.9. The number of likely N-dealkylation sites (tertiary alicyclic amines) is 2. The molecule has 1 unspecified atom stereocenters. The van der Waals surface area contributed by atoms with Gasteiger partial charge in [-0.1, -0.05) is 57.2 Å². The number of hydrogen-bond acceptors (Lipinski definition) is 2. The van der Waals surface area contributed by atoms with Crippen LogP contribution < -0.4 is 0 Å². The lowest BCUT2D eigenvalue weighted by Gasteiger charge is -2.45. The van der Waals surface area contributed by atoms with E-state index in [1.165, 1.54) is 16.0 Å². The SMILES string of the molecule is CC(C)C1(CCN2CC[C@@]3(C=Cc4ccccc43)[C@@H](C)C2)CCN(Cc2cc(C(F)(F)F)cc(C(F)(F)F)c2)C1=O. The third kappa shape index (κ3) is 5.42. The van der Waals surface area contributed by atoms with E-state index in [-0.39, 0.29) is 35.4 Å². The number of allylic oxidation sites excluding steroid dienone is 1. The number of carbonyl (C=O) groups excluding carboxylic acids is 1. The van der Waals surface area contributed by atoms with Gasteiger partial charge >= 0.3 is 12.4 Å². The van der Waals surface area contributed by atoms with Crippen LogP contribution in [-0.2, 0) is 29.1 Å². The van der Waals surface area contributed by atoms with Crippen LogP contribution in [-0.4, -0.2) is 41.9 Å². The van der Waals surface area contributed by atoms with Gasteiger partial charge in [0.2, 0.25) is 5.91 Å². The van der Waals surface area contributed by atoms with Crippen molar-refractivity contribution in [3.8, 4) is 0 Å². The standard InChI is InChI=1S/C32H36F6N2O/c1-21(2)29(10-13-39-14-11-30(22(3)19-39)9-8-24-6-4-5-7-27(24)30)12-15-40(28(29)41)20-23-16-25(31(33,34)35)18-26(17-23)32(36,37)38/h4-9,16-18,21-22H,10-15,19-20H2,1-3H3/t22-,29?,30-/m0/s1. The number of rotatable bonds is 6. The fourth-order valence-electron chi connectivity index (χ4n) is 7.23. The zero-order valence-corrected chi connectivity index (χ0v) is 23.6. The molecule has 9 heteroatoms. The predicted octanol–water partition coefficient (Wildman–Crippen LogP) is 7.80. The summed E-state index contributed by atoms with van der Waals surface area (Å²) >= 11 is 0. The van der Waals surface area contributed by atoms with Crippen molar-refractivity contribution in [1.82, 2.24) is 9.80 Å². The molecular weight excluding hydrogens is 542 g/mol. The quantitative estimate of drug-likeness (QED) is 0.327. The van der Waals surface area contributed by atoms with Gasteiger partial charge in [0.15, 0.2) is 0 Å². The first-order valence-electron chi connectivity index (χ1n) is 14.2. The molecule has 3 aliphatic rings. The van der Waals surface area contributed by atoms with E-state index in [0.29, 0.717) is 31.8 Å². The van der Waals surface area contributed by atoms with Crippen molar-refractivity contribution in [2.45, 2.75) is 64.3 Å². The first kappa shape index (κ1) is 29.7. The highest BCUT2D eigenvalue weighted by Gasteiger charge is 2.50. The van der Waals surface area contributed by atoms with E-state index in [1.54, 1.807) is 0 Å². The third-order valence-electron chi connectivity index (χ3n) is 9.82. The summed E-state index contributed by atoms with van der Waals surface area (Å²) in [5.41, 5.74) is -0.931. The molecule has 0 radical (unpaired) electrons. The first-order chi connectivity index (χ1) is 19.2. The first-order valence-corrected chi connectivity index (χ1v) is 14.2. The van der Waals surface area contributed by atoms with E-state index in [0.717, 1.165) is 31.6 Å². The molecule has 3 nitrogen and oxygen atoms in total. The second-order valence-electron chi connectivity index (χ2n) is 12.4. The average molecular weight is 579 g/mol. The molecule has 2 aromatic carbocycles. The molecule has 2 saturated heterocycles. The minimum absolute atomic E-state index is 0.0169. The Morgan fingerprint density at radius 1 is 0.951 bits per heavy atom. The maximum atomic E-state index is 13.8. The Hall–Kier alpha value is -2.81. The van der Waals surface area contributed by atoms with Gasteiger partial charge in [-0.3, -0.25) is 4.79 Å². The van der Waals surface area contributed by atoms with E-state index in [2.05, 4.69) is 48.2 Å². The summed E-state index contributed by atoms with van der Waals surface area (Å²) in [4.78, 5) is 17.6. The molecular formula is C32H36F6N2O. The van der Waals surface area contributed by atoms with Crippen molar-refractivity contribution in [1.29, 1.82) is 0 Å². The van der Waals surface area contributed by atoms with Crippen LogP contribution in [0.1, 0.15) is 67.9 Å². The summed E-state index contributed by atoms with van der Waals surface area (Å²) in [6, 6.07) is 10.1. The van der Waals surface area contributed by atoms with Gasteiger partial charge in [-0.25, -0.2) is 0 Å². The Morgan fingerprint density at radius 2 is 1.61 bits per heavy atom. The molecule has 1 aliphatic carbocycles. The number of nitrogens with zero attached hydrogens (tertiary/aromatic N) is 2. The minimum Gasteiger partial charge on any atom is -0.338 e. The van der Waals surface area contributed by atoms with Gasteiger partial charge in [0.05, 0.1) is 16.5 Å². The van der Waals surface area contributed by atoms with Gasteiger partial charge in [0.1, 0.15) is 0 Å². The van der Waals surface area contributed by atoms with Crippen LogP contribution in [0.3, 0.4) is 0 Å². The Balaban J connectivity index is 1.28. The predicted molar refractivity (Wildman–Crippen MR) is 146 cm³/mol. The molecule has 1 spiro atoms. The number of fused-ring (bicyclic) bond motifs is 2. The van der Waals surface area contributed by atoms with Crippen LogP contribution in [0.5, 0.6) is 0 Å². The van der Waals surface area contributed by atoms with Crippen molar-refractivity contribution in [3.63, 3.8) is 0 Å². The zero-order valence-electron chi connectivity index (χ0n) is 23.6. The lowest BCUT2D eigenvalue weighted by molar-refractivity contribution is -0.143. The number of benzene rings is 2. The van der Waals surface area contributed by atoms with Crippen molar-refractivity contribution in [2.75, 3.05) is 26.2 Å². The van der Waals surface area contributed by atoms with Crippen molar-refractivity contribution < 1.29 is 31.1 Å². The molecule has 1 amide bonds. The fourth-order valence-corrected chi connectivity index (χ4v) is 7.23. The molecule has 0 aromatic heterocycles. The summed E-state index contributed by atoms with van der Waals surface area (Å²) in [6.45, 7) is 8.72. The molecule has 2 aromatic rings. The Morgan fingerprint density at radius 3 is 2.22 bits per heavy atom. The Labute approximate surface area is 237 Å². The monoisotopic (exact) mass is 578 g/mol. The molecule has 222 valence electrons. The van der Waals surface area contributed by atoms with E-state index in [1.807, 2.05) is 13.8 Å². The number of piperidine rings is 1.